The molecular formula is C13H14N4S. The van der Waals surface area contributed by atoms with Crippen LogP contribution < -0.4 is 10.6 Å². The molecule has 18 heavy (non-hydrogen) atoms. The largest absolute Gasteiger partial charge is 0.388 e. The first-order chi connectivity index (χ1) is 8.58. The molecule has 0 bridgehead atoms. The summed E-state index contributed by atoms with van der Waals surface area (Å²) in [7, 11) is 1.91. The number of thiocarbonyl (C=S) groups is 1. The number of nitrogens with zero attached hydrogens (tertiary/aromatic N) is 3. The van der Waals surface area contributed by atoms with E-state index in [4.69, 9.17) is 18.0 Å². The van der Waals surface area contributed by atoms with Gasteiger partial charge in [0.15, 0.2) is 0 Å². The van der Waals surface area contributed by atoms with Gasteiger partial charge in [0.2, 0.25) is 5.95 Å². The van der Waals surface area contributed by atoms with Gasteiger partial charge < -0.3 is 10.6 Å². The van der Waals surface area contributed by atoms with Gasteiger partial charge in [0.1, 0.15) is 10.7 Å². The summed E-state index contributed by atoms with van der Waals surface area (Å²) in [6.07, 6.45) is 1.65. The van der Waals surface area contributed by atoms with Gasteiger partial charge in [-0.2, -0.15) is 0 Å². The van der Waals surface area contributed by atoms with Crippen molar-refractivity contribution in [2.75, 3.05) is 11.9 Å². The zero-order valence-corrected chi connectivity index (χ0v) is 11.1. The third kappa shape index (κ3) is 2.62. The lowest BCUT2D eigenvalue weighted by molar-refractivity contribution is 1.03. The van der Waals surface area contributed by atoms with Gasteiger partial charge in [-0.3, -0.25) is 0 Å². The van der Waals surface area contributed by atoms with Crippen LogP contribution in [0.3, 0.4) is 0 Å². The monoisotopic (exact) mass is 258 g/mol. The van der Waals surface area contributed by atoms with Crippen LogP contribution in [0.25, 0.3) is 0 Å². The van der Waals surface area contributed by atoms with Crippen molar-refractivity contribution in [2.45, 2.75) is 6.92 Å². The van der Waals surface area contributed by atoms with E-state index in [1.54, 1.807) is 12.3 Å². The molecule has 4 nitrogen and oxygen atoms in total. The molecule has 0 aliphatic rings. The number of aryl methyl sites for hydroxylation is 1. The Bertz CT molecular complexity index is 565. The average molecular weight is 258 g/mol. The Kier molecular flexibility index (Phi) is 3.53. The number of benzene rings is 1. The molecule has 0 saturated carbocycles. The van der Waals surface area contributed by atoms with Gasteiger partial charge in [-0.15, -0.1) is 0 Å². The van der Waals surface area contributed by atoms with Gasteiger partial charge in [-0.25, -0.2) is 9.97 Å². The van der Waals surface area contributed by atoms with E-state index < -0.39 is 0 Å². The molecule has 0 saturated heterocycles. The van der Waals surface area contributed by atoms with Crippen LogP contribution in [0.2, 0.25) is 0 Å². The number of hydrogen-bond acceptors (Lipinski definition) is 4. The van der Waals surface area contributed by atoms with Gasteiger partial charge in [0, 0.05) is 18.9 Å². The maximum atomic E-state index is 5.56. The average Bonchev–Trinajstić information content (AvgIpc) is 2.39. The second kappa shape index (κ2) is 5.10. The fraction of sp³-hybridized carbons (Fsp3) is 0.154. The molecule has 0 amide bonds. The first-order valence-corrected chi connectivity index (χ1v) is 5.92. The summed E-state index contributed by atoms with van der Waals surface area (Å²) in [5.41, 5.74) is 8.37. The van der Waals surface area contributed by atoms with Crippen LogP contribution in [0.1, 0.15) is 11.3 Å². The molecule has 0 spiro atoms. The minimum absolute atomic E-state index is 0.274. The number of hydrogen-bond donors (Lipinski definition) is 1. The van der Waals surface area contributed by atoms with E-state index in [0.29, 0.717) is 11.6 Å². The van der Waals surface area contributed by atoms with E-state index in [9.17, 15) is 0 Å². The summed E-state index contributed by atoms with van der Waals surface area (Å²) in [6.45, 7) is 2.05. The molecule has 0 radical (unpaired) electrons. The number of aromatic nitrogens is 2. The Hall–Kier alpha value is -2.01. The van der Waals surface area contributed by atoms with Crippen molar-refractivity contribution in [3.8, 4) is 0 Å². The van der Waals surface area contributed by atoms with Gasteiger partial charge in [-0.1, -0.05) is 29.9 Å². The molecule has 2 aromatic rings. The fourth-order valence-corrected chi connectivity index (χ4v) is 1.64. The van der Waals surface area contributed by atoms with Crippen molar-refractivity contribution in [2.24, 2.45) is 5.73 Å². The van der Waals surface area contributed by atoms with Gasteiger partial charge in [0.05, 0.1) is 0 Å². The molecule has 1 aromatic carbocycles. The van der Waals surface area contributed by atoms with Crippen LogP contribution in [0.5, 0.6) is 0 Å². The molecule has 0 aliphatic heterocycles. The summed E-state index contributed by atoms with van der Waals surface area (Å²) < 4.78 is 0. The Morgan fingerprint density at radius 1 is 1.22 bits per heavy atom. The molecule has 1 heterocycles. The predicted molar refractivity (Wildman–Crippen MR) is 77.2 cm³/mol. The topological polar surface area (TPSA) is 55.0 Å². The Morgan fingerprint density at radius 3 is 2.50 bits per heavy atom. The van der Waals surface area contributed by atoms with Crippen molar-refractivity contribution in [3.63, 3.8) is 0 Å². The SMILES string of the molecule is Cc1ccc(N(C)c2nccc(C(N)=S)n2)cc1. The highest BCUT2D eigenvalue weighted by molar-refractivity contribution is 7.80. The standard InChI is InChI=1S/C13H14N4S/c1-9-3-5-10(6-4-9)17(2)13-15-8-7-11(16-13)12(14)18/h3-8H,1-2H3,(H2,14,18). The van der Waals surface area contributed by atoms with Gasteiger partial charge in [0.25, 0.3) is 0 Å². The Morgan fingerprint density at radius 2 is 1.89 bits per heavy atom. The van der Waals surface area contributed by atoms with Crippen LogP contribution in [0.4, 0.5) is 11.6 Å². The van der Waals surface area contributed by atoms with Crippen LogP contribution in [0.15, 0.2) is 36.5 Å². The van der Waals surface area contributed by atoms with Gasteiger partial charge in [-0.05, 0) is 25.1 Å². The highest BCUT2D eigenvalue weighted by Crippen LogP contribution is 2.20. The lowest BCUT2D eigenvalue weighted by atomic mass is 10.2. The van der Waals surface area contributed by atoms with Crippen molar-refractivity contribution in [1.29, 1.82) is 0 Å². The Balaban J connectivity index is 2.33. The van der Waals surface area contributed by atoms with E-state index in [1.807, 2.05) is 43.1 Å². The molecule has 0 atom stereocenters. The molecule has 0 unspecified atom stereocenters. The normalized spacial score (nSPS) is 10.1. The highest BCUT2D eigenvalue weighted by atomic mass is 32.1. The highest BCUT2D eigenvalue weighted by Gasteiger charge is 2.08. The van der Waals surface area contributed by atoms with Crippen molar-refractivity contribution < 1.29 is 0 Å². The first kappa shape index (κ1) is 12.4. The lowest BCUT2D eigenvalue weighted by Crippen LogP contribution is -2.17. The van der Waals surface area contributed by atoms with E-state index in [2.05, 4.69) is 9.97 Å². The van der Waals surface area contributed by atoms with Crippen LogP contribution in [-0.2, 0) is 0 Å². The molecule has 2 N–H and O–H groups in total. The van der Waals surface area contributed by atoms with Crippen molar-refractivity contribution in [1.82, 2.24) is 9.97 Å². The van der Waals surface area contributed by atoms with Crippen LogP contribution in [-0.4, -0.2) is 22.0 Å². The molecule has 1 aromatic heterocycles. The molecular weight excluding hydrogens is 244 g/mol. The minimum atomic E-state index is 0.274. The van der Waals surface area contributed by atoms with Gasteiger partial charge >= 0.3 is 0 Å². The Labute approximate surface area is 111 Å². The lowest BCUT2D eigenvalue weighted by Gasteiger charge is -2.17. The van der Waals surface area contributed by atoms with E-state index >= 15 is 0 Å². The zero-order chi connectivity index (χ0) is 13.1. The summed E-state index contributed by atoms with van der Waals surface area (Å²) >= 11 is 4.91. The summed E-state index contributed by atoms with van der Waals surface area (Å²) in [4.78, 5) is 10.7. The van der Waals surface area contributed by atoms with Crippen LogP contribution >= 0.6 is 12.2 Å². The molecule has 5 heteroatoms. The number of anilines is 2. The third-order valence-electron chi connectivity index (χ3n) is 2.62. The van der Waals surface area contributed by atoms with Crippen molar-refractivity contribution >= 4 is 28.8 Å². The zero-order valence-electron chi connectivity index (χ0n) is 10.3. The van der Waals surface area contributed by atoms with E-state index in [-0.39, 0.29) is 4.99 Å². The van der Waals surface area contributed by atoms with E-state index in [0.717, 1.165) is 5.69 Å². The molecule has 0 aliphatic carbocycles. The minimum Gasteiger partial charge on any atom is -0.388 e. The quantitative estimate of drug-likeness (QED) is 0.855. The molecule has 0 fully saturated rings. The smallest absolute Gasteiger partial charge is 0.230 e. The first-order valence-electron chi connectivity index (χ1n) is 5.51. The fourth-order valence-electron chi connectivity index (χ4n) is 1.53. The van der Waals surface area contributed by atoms with E-state index in [1.165, 1.54) is 5.56 Å². The summed E-state index contributed by atoms with van der Waals surface area (Å²) in [5.74, 6) is 0.573. The molecule has 2 rings (SSSR count). The number of rotatable bonds is 3. The maximum Gasteiger partial charge on any atom is 0.230 e. The second-order valence-corrected chi connectivity index (χ2v) is 4.44. The van der Waals surface area contributed by atoms with Crippen LogP contribution in [0, 0.1) is 6.92 Å². The summed E-state index contributed by atoms with van der Waals surface area (Å²) in [6, 6.07) is 9.83. The number of nitrogens with two attached hydrogens (primary N) is 1. The van der Waals surface area contributed by atoms with Crippen molar-refractivity contribution in [3.05, 3.63) is 47.8 Å². The second-order valence-electron chi connectivity index (χ2n) is 4.00. The predicted octanol–water partition coefficient (Wildman–Crippen LogP) is 2.19. The third-order valence-corrected chi connectivity index (χ3v) is 2.83. The summed E-state index contributed by atoms with van der Waals surface area (Å²) in [5, 5.41) is 0. The maximum absolute atomic E-state index is 5.56. The molecule has 92 valence electrons.